The number of nitrogens with zero attached hydrogens (tertiary/aromatic N) is 1. The fraction of sp³-hybridized carbons (Fsp3) is 0.250. The highest BCUT2D eigenvalue weighted by molar-refractivity contribution is 7.90. The Kier molecular flexibility index (Phi) is 6.78. The zero-order valence-electron chi connectivity index (χ0n) is 16.0. The van der Waals surface area contributed by atoms with Gasteiger partial charge in [0, 0.05) is 18.7 Å². The summed E-state index contributed by atoms with van der Waals surface area (Å²) >= 11 is 0. The van der Waals surface area contributed by atoms with Crippen LogP contribution in [0.4, 0.5) is 10.1 Å². The molecule has 30 heavy (non-hydrogen) atoms. The predicted octanol–water partition coefficient (Wildman–Crippen LogP) is 1.59. The van der Waals surface area contributed by atoms with Crippen molar-refractivity contribution < 1.29 is 22.4 Å². The van der Waals surface area contributed by atoms with Crippen molar-refractivity contribution >= 4 is 33.4 Å². The van der Waals surface area contributed by atoms with E-state index in [2.05, 4.69) is 20.3 Å². The van der Waals surface area contributed by atoms with Crippen LogP contribution >= 0.6 is 0 Å². The maximum absolute atomic E-state index is 13.2. The minimum Gasteiger partial charge on any atom is -0.347 e. The lowest BCUT2D eigenvalue weighted by Gasteiger charge is -2.10. The Hall–Kier alpha value is -3.27. The molecule has 2 amide bonds. The molecule has 0 radical (unpaired) electrons. The Morgan fingerprint density at radius 2 is 1.87 bits per heavy atom. The normalized spacial score (nSPS) is 13.4. The van der Waals surface area contributed by atoms with Gasteiger partial charge in [0.25, 0.3) is 10.0 Å². The third-order valence-electron chi connectivity index (χ3n) is 4.25. The average Bonchev–Trinajstić information content (AvgIpc) is 3.19. The number of carbonyl (C=O) groups is 2. The number of hydrogen-bond donors (Lipinski definition) is 3. The monoisotopic (exact) mass is 432 g/mol. The Bertz CT molecular complexity index is 1090. The van der Waals surface area contributed by atoms with Crippen LogP contribution in [0.2, 0.25) is 0 Å². The van der Waals surface area contributed by atoms with Gasteiger partial charge in [0.1, 0.15) is 11.7 Å². The smallest absolute Gasteiger partial charge is 0.262 e. The average molecular weight is 432 g/mol. The second kappa shape index (κ2) is 9.49. The lowest BCUT2D eigenvalue weighted by molar-refractivity contribution is -0.123. The number of hydrogen-bond acceptors (Lipinski definition) is 5. The summed E-state index contributed by atoms with van der Waals surface area (Å²) in [6.07, 6.45) is 1.32. The van der Waals surface area contributed by atoms with Gasteiger partial charge in [0.15, 0.2) is 0 Å². The van der Waals surface area contributed by atoms with Gasteiger partial charge >= 0.3 is 0 Å². The zero-order valence-corrected chi connectivity index (χ0v) is 16.8. The molecule has 0 unspecified atom stereocenters. The van der Waals surface area contributed by atoms with E-state index in [1.165, 1.54) is 36.4 Å². The van der Waals surface area contributed by atoms with Crippen molar-refractivity contribution in [1.29, 1.82) is 0 Å². The molecule has 0 saturated heterocycles. The molecule has 0 saturated carbocycles. The fourth-order valence-electron chi connectivity index (χ4n) is 2.86. The first-order valence-electron chi connectivity index (χ1n) is 9.29. The van der Waals surface area contributed by atoms with Crippen molar-refractivity contribution in [2.75, 3.05) is 18.4 Å². The largest absolute Gasteiger partial charge is 0.347 e. The van der Waals surface area contributed by atoms with Crippen molar-refractivity contribution in [3.63, 3.8) is 0 Å². The first kappa shape index (κ1) is 21.4. The van der Waals surface area contributed by atoms with Gasteiger partial charge in [-0.1, -0.05) is 18.2 Å². The number of aliphatic imine (C=N–C) groups is 1. The van der Waals surface area contributed by atoms with Crippen molar-refractivity contribution in [3.05, 3.63) is 59.9 Å². The van der Waals surface area contributed by atoms with Crippen molar-refractivity contribution in [1.82, 2.24) is 10.0 Å². The van der Waals surface area contributed by atoms with Crippen LogP contribution in [0, 0.1) is 5.82 Å². The van der Waals surface area contributed by atoms with Crippen LogP contribution in [0.3, 0.4) is 0 Å². The number of carbonyl (C=O) groups excluding carboxylic acids is 2. The van der Waals surface area contributed by atoms with Crippen molar-refractivity contribution in [2.24, 2.45) is 4.99 Å². The minimum atomic E-state index is -3.80. The van der Waals surface area contributed by atoms with Crippen LogP contribution in [0.25, 0.3) is 0 Å². The number of nitrogens with one attached hydrogen (secondary N) is 3. The molecule has 1 aliphatic heterocycles. The van der Waals surface area contributed by atoms with Crippen LogP contribution in [0.5, 0.6) is 0 Å². The minimum absolute atomic E-state index is 0.00922. The highest BCUT2D eigenvalue weighted by Gasteiger charge is 2.19. The lowest BCUT2D eigenvalue weighted by Crippen LogP contribution is -2.34. The molecule has 0 aliphatic carbocycles. The molecule has 3 N–H and O–H groups in total. The van der Waals surface area contributed by atoms with Gasteiger partial charge in [-0.25, -0.2) is 12.8 Å². The fourth-order valence-corrected chi connectivity index (χ4v) is 3.99. The molecule has 2 aromatic rings. The maximum Gasteiger partial charge on any atom is 0.262 e. The quantitative estimate of drug-likeness (QED) is 0.616. The summed E-state index contributed by atoms with van der Waals surface area (Å²) in [7, 11) is -3.80. The number of anilines is 1. The number of rotatable bonds is 7. The molecular formula is C20H21FN4O4S. The third-order valence-corrected chi connectivity index (χ3v) is 5.63. The van der Waals surface area contributed by atoms with E-state index in [0.717, 1.165) is 6.42 Å². The van der Waals surface area contributed by atoms with E-state index in [-0.39, 0.29) is 23.5 Å². The van der Waals surface area contributed by atoms with Gasteiger partial charge in [-0.3, -0.25) is 19.3 Å². The Labute approximate surface area is 173 Å². The van der Waals surface area contributed by atoms with E-state index < -0.39 is 27.7 Å². The summed E-state index contributed by atoms with van der Waals surface area (Å²) in [6, 6.07) is 11.4. The second-order valence-corrected chi connectivity index (χ2v) is 8.38. The number of sulfonamides is 1. The number of amidine groups is 1. The molecule has 0 aromatic heterocycles. The summed E-state index contributed by atoms with van der Waals surface area (Å²) in [5.41, 5.74) is 0.765. The topological polar surface area (TPSA) is 117 Å². The van der Waals surface area contributed by atoms with Gasteiger partial charge < -0.3 is 10.6 Å². The zero-order chi connectivity index (χ0) is 21.6. The van der Waals surface area contributed by atoms with Crippen LogP contribution in [-0.2, 0) is 26.0 Å². The highest BCUT2D eigenvalue weighted by Crippen LogP contribution is 2.16. The number of halogens is 1. The van der Waals surface area contributed by atoms with Crippen molar-refractivity contribution in [2.45, 2.75) is 24.2 Å². The number of amides is 2. The standard InChI is InChI=1S/C20H21FN4O4S/c21-15-5-1-4-14(10-15)11-19(26)23-13-20(27)24-16-6-2-7-17(12-16)30(28,29)25-18-8-3-9-22-18/h1-2,4-7,10,12H,3,8-9,11,13H2,(H,22,25)(H,23,26)(H,24,27). The lowest BCUT2D eigenvalue weighted by atomic mass is 10.1. The Balaban J connectivity index is 1.54. The molecule has 0 bridgehead atoms. The Morgan fingerprint density at radius 1 is 1.07 bits per heavy atom. The molecule has 0 atom stereocenters. The summed E-state index contributed by atoms with van der Waals surface area (Å²) < 4.78 is 40.5. The first-order valence-corrected chi connectivity index (χ1v) is 10.8. The SMILES string of the molecule is O=C(Cc1cccc(F)c1)NCC(=O)Nc1cccc(S(=O)(=O)NC2=NCCC2)c1. The second-order valence-electron chi connectivity index (χ2n) is 6.70. The number of benzene rings is 2. The van der Waals surface area contributed by atoms with E-state index in [1.54, 1.807) is 12.1 Å². The molecule has 8 nitrogen and oxygen atoms in total. The summed E-state index contributed by atoms with van der Waals surface area (Å²) in [5, 5.41) is 4.98. The van der Waals surface area contributed by atoms with Crippen LogP contribution in [-0.4, -0.2) is 39.2 Å². The molecule has 10 heteroatoms. The molecule has 3 rings (SSSR count). The van der Waals surface area contributed by atoms with Gasteiger partial charge in [-0.15, -0.1) is 0 Å². The summed E-state index contributed by atoms with van der Waals surface area (Å²) in [6.45, 7) is 0.291. The van der Waals surface area contributed by atoms with E-state index in [1.807, 2.05) is 0 Å². The summed E-state index contributed by atoms with van der Waals surface area (Å²) in [4.78, 5) is 28.1. The van der Waals surface area contributed by atoms with E-state index in [4.69, 9.17) is 0 Å². The maximum atomic E-state index is 13.2. The third kappa shape index (κ3) is 6.11. The van der Waals surface area contributed by atoms with Crippen molar-refractivity contribution in [3.8, 4) is 0 Å². The molecule has 2 aromatic carbocycles. The van der Waals surface area contributed by atoms with Gasteiger partial charge in [0.05, 0.1) is 17.9 Å². The molecule has 1 heterocycles. The van der Waals surface area contributed by atoms with Gasteiger partial charge in [0.2, 0.25) is 11.8 Å². The van der Waals surface area contributed by atoms with Crippen LogP contribution < -0.4 is 15.4 Å². The molecule has 1 aliphatic rings. The van der Waals surface area contributed by atoms with Gasteiger partial charge in [-0.2, -0.15) is 0 Å². The molecule has 0 fully saturated rings. The summed E-state index contributed by atoms with van der Waals surface area (Å²) in [5.74, 6) is -0.980. The molecule has 158 valence electrons. The molecular weight excluding hydrogens is 411 g/mol. The van der Waals surface area contributed by atoms with Crippen LogP contribution in [0.15, 0.2) is 58.4 Å². The van der Waals surface area contributed by atoms with E-state index in [0.29, 0.717) is 24.4 Å². The Morgan fingerprint density at radius 3 is 2.60 bits per heavy atom. The predicted molar refractivity (Wildman–Crippen MR) is 110 cm³/mol. The van der Waals surface area contributed by atoms with E-state index >= 15 is 0 Å². The molecule has 0 spiro atoms. The van der Waals surface area contributed by atoms with Crippen LogP contribution in [0.1, 0.15) is 18.4 Å². The first-order chi connectivity index (χ1) is 14.3. The van der Waals surface area contributed by atoms with E-state index in [9.17, 15) is 22.4 Å². The highest BCUT2D eigenvalue weighted by atomic mass is 32.2. The van der Waals surface area contributed by atoms with Gasteiger partial charge in [-0.05, 0) is 42.3 Å².